The van der Waals surface area contributed by atoms with Crippen LogP contribution in [0.2, 0.25) is 5.02 Å². The Bertz CT molecular complexity index is 661. The van der Waals surface area contributed by atoms with Crippen molar-refractivity contribution in [3.63, 3.8) is 0 Å². The summed E-state index contributed by atoms with van der Waals surface area (Å²) in [5, 5.41) is 10.8. The zero-order chi connectivity index (χ0) is 14.7. The van der Waals surface area contributed by atoms with E-state index in [4.69, 9.17) is 22.6 Å². The Morgan fingerprint density at radius 2 is 2.25 bits per heavy atom. The van der Waals surface area contributed by atoms with Gasteiger partial charge in [0.1, 0.15) is 15.9 Å². The van der Waals surface area contributed by atoms with Crippen molar-refractivity contribution >= 4 is 45.4 Å². The van der Waals surface area contributed by atoms with Gasteiger partial charge in [-0.3, -0.25) is 0 Å². The number of nitrogens with two attached hydrogens (primary N) is 1. The quantitative estimate of drug-likeness (QED) is 0.856. The molecule has 1 aromatic heterocycles. The molecule has 0 saturated heterocycles. The van der Waals surface area contributed by atoms with Crippen LogP contribution < -0.4 is 10.6 Å². The second-order valence-electron chi connectivity index (χ2n) is 4.28. The number of hydrogen-bond acceptors (Lipinski definition) is 5. The van der Waals surface area contributed by atoms with Gasteiger partial charge in [-0.2, -0.15) is 5.26 Å². The highest BCUT2D eigenvalue weighted by Gasteiger charge is 2.18. The van der Waals surface area contributed by atoms with Crippen molar-refractivity contribution in [1.82, 2.24) is 0 Å². The highest BCUT2D eigenvalue weighted by Crippen LogP contribution is 2.43. The Balaban J connectivity index is 2.30. The van der Waals surface area contributed by atoms with Gasteiger partial charge in [-0.15, -0.1) is 23.1 Å². The van der Waals surface area contributed by atoms with Gasteiger partial charge in [-0.1, -0.05) is 23.7 Å². The molecule has 1 aromatic carbocycles. The molecular formula is C14H14ClN3S2. The van der Waals surface area contributed by atoms with Crippen molar-refractivity contribution in [2.75, 3.05) is 23.9 Å². The number of hydrogen-bond donors (Lipinski definition) is 1. The lowest BCUT2D eigenvalue weighted by Gasteiger charge is -2.19. The summed E-state index contributed by atoms with van der Waals surface area (Å²) in [6, 6.07) is 9.92. The first-order chi connectivity index (χ1) is 9.56. The molecule has 3 nitrogen and oxygen atoms in total. The third-order valence-electron chi connectivity index (χ3n) is 2.84. The van der Waals surface area contributed by atoms with Crippen LogP contribution in [0.4, 0.5) is 10.7 Å². The van der Waals surface area contributed by atoms with E-state index in [9.17, 15) is 0 Å². The maximum absolute atomic E-state index is 9.09. The fraction of sp³-hybridized carbons (Fsp3) is 0.214. The average molecular weight is 324 g/mol. The smallest absolute Gasteiger partial charge is 0.131 e. The number of nitrogen functional groups attached to an aromatic ring is 1. The third-order valence-corrected chi connectivity index (χ3v) is 5.25. The molecule has 0 amide bonds. The number of rotatable bonds is 4. The molecule has 6 heteroatoms. The molecule has 2 aromatic rings. The summed E-state index contributed by atoms with van der Waals surface area (Å²) in [5.74, 6) is 0. The molecule has 0 radical (unpaired) electrons. The fourth-order valence-corrected chi connectivity index (χ4v) is 4.11. The lowest BCUT2D eigenvalue weighted by atomic mass is 10.2. The van der Waals surface area contributed by atoms with E-state index in [1.54, 1.807) is 11.8 Å². The molecule has 0 aliphatic rings. The van der Waals surface area contributed by atoms with E-state index in [1.165, 1.54) is 11.3 Å². The summed E-state index contributed by atoms with van der Waals surface area (Å²) in [4.78, 5) is 3.64. The van der Waals surface area contributed by atoms with E-state index in [-0.39, 0.29) is 0 Å². The maximum Gasteiger partial charge on any atom is 0.131 e. The molecule has 0 saturated carbocycles. The van der Waals surface area contributed by atoms with Crippen LogP contribution in [0.15, 0.2) is 29.2 Å². The number of benzene rings is 1. The fourth-order valence-electron chi connectivity index (χ4n) is 1.93. The second kappa shape index (κ2) is 6.40. The van der Waals surface area contributed by atoms with Gasteiger partial charge in [0.25, 0.3) is 0 Å². The van der Waals surface area contributed by atoms with Crippen molar-refractivity contribution in [2.45, 2.75) is 11.4 Å². The van der Waals surface area contributed by atoms with E-state index < -0.39 is 0 Å². The molecule has 0 atom stereocenters. The minimum atomic E-state index is 0.572. The van der Waals surface area contributed by atoms with E-state index in [1.807, 2.05) is 37.6 Å². The molecule has 2 N–H and O–H groups in total. The van der Waals surface area contributed by atoms with Crippen molar-refractivity contribution < 1.29 is 0 Å². The summed E-state index contributed by atoms with van der Waals surface area (Å²) >= 11 is 9.00. The first-order valence-electron chi connectivity index (χ1n) is 5.88. The van der Waals surface area contributed by atoms with Gasteiger partial charge in [-0.25, -0.2) is 0 Å². The van der Waals surface area contributed by atoms with E-state index in [0.29, 0.717) is 10.6 Å². The summed E-state index contributed by atoms with van der Waals surface area (Å²) in [7, 11) is 1.99. The molecule has 0 bridgehead atoms. The van der Waals surface area contributed by atoms with Crippen molar-refractivity contribution in [2.24, 2.45) is 0 Å². The molecule has 0 aliphatic carbocycles. The molecular weight excluding hydrogens is 310 g/mol. The lowest BCUT2D eigenvalue weighted by Crippen LogP contribution is -2.15. The Kier molecular flexibility index (Phi) is 4.81. The van der Waals surface area contributed by atoms with Crippen LogP contribution in [0.1, 0.15) is 10.4 Å². The molecule has 104 valence electrons. The number of thioether (sulfide) groups is 1. The molecule has 0 unspecified atom stereocenters. The van der Waals surface area contributed by atoms with Gasteiger partial charge in [-0.05, 0) is 24.0 Å². The normalized spacial score (nSPS) is 10.3. The predicted molar refractivity (Wildman–Crippen MR) is 88.8 cm³/mol. The monoisotopic (exact) mass is 323 g/mol. The molecule has 0 spiro atoms. The number of anilines is 2. The minimum absolute atomic E-state index is 0.572. The highest BCUT2D eigenvalue weighted by atomic mass is 35.5. The van der Waals surface area contributed by atoms with Crippen molar-refractivity contribution in [3.05, 3.63) is 39.7 Å². The Morgan fingerprint density at radius 3 is 2.85 bits per heavy atom. The second-order valence-corrected chi connectivity index (χ2v) is 6.53. The van der Waals surface area contributed by atoms with Gasteiger partial charge in [0, 0.05) is 18.6 Å². The minimum Gasteiger partial charge on any atom is -0.396 e. The first kappa shape index (κ1) is 15.0. The number of halogens is 1. The topological polar surface area (TPSA) is 53.0 Å². The Labute approximate surface area is 132 Å². The predicted octanol–water partition coefficient (Wildman–Crippen LogP) is 4.21. The third kappa shape index (κ3) is 3.04. The number of nitriles is 1. The van der Waals surface area contributed by atoms with Crippen LogP contribution in [0.25, 0.3) is 0 Å². The Morgan fingerprint density at radius 1 is 1.50 bits per heavy atom. The summed E-state index contributed by atoms with van der Waals surface area (Å²) in [6.07, 6.45) is 1.97. The van der Waals surface area contributed by atoms with E-state index in [0.717, 1.165) is 27.0 Å². The van der Waals surface area contributed by atoms with E-state index in [2.05, 4.69) is 11.0 Å². The molecule has 1 heterocycles. The standard InChI is InChI=1S/C14H14ClN3S2/c1-18(8-9-4-3-5-10(15)6-9)14-13(19-2)12(17)11(7-16)20-14/h3-6H,8,17H2,1-2H3. The van der Waals surface area contributed by atoms with Crippen LogP contribution in [-0.2, 0) is 6.54 Å². The molecule has 0 fully saturated rings. The van der Waals surface area contributed by atoms with Crippen LogP contribution in [0.3, 0.4) is 0 Å². The summed E-state index contributed by atoms with van der Waals surface area (Å²) in [6.45, 7) is 0.721. The first-order valence-corrected chi connectivity index (χ1v) is 8.30. The zero-order valence-electron chi connectivity index (χ0n) is 11.2. The van der Waals surface area contributed by atoms with Crippen molar-refractivity contribution in [1.29, 1.82) is 5.26 Å². The average Bonchev–Trinajstić information content (AvgIpc) is 2.75. The maximum atomic E-state index is 9.09. The number of thiophene rings is 1. The molecule has 20 heavy (non-hydrogen) atoms. The largest absolute Gasteiger partial charge is 0.396 e. The zero-order valence-corrected chi connectivity index (χ0v) is 13.6. The van der Waals surface area contributed by atoms with Crippen LogP contribution in [0, 0.1) is 11.3 Å². The van der Waals surface area contributed by atoms with Gasteiger partial charge < -0.3 is 10.6 Å². The van der Waals surface area contributed by atoms with Crippen LogP contribution in [-0.4, -0.2) is 13.3 Å². The van der Waals surface area contributed by atoms with Gasteiger partial charge in [0.05, 0.1) is 10.6 Å². The summed E-state index contributed by atoms with van der Waals surface area (Å²) < 4.78 is 0. The number of nitrogens with zero attached hydrogens (tertiary/aromatic N) is 2. The molecule has 0 aliphatic heterocycles. The van der Waals surface area contributed by atoms with Crippen LogP contribution >= 0.6 is 34.7 Å². The highest BCUT2D eigenvalue weighted by molar-refractivity contribution is 7.99. The van der Waals surface area contributed by atoms with Gasteiger partial charge in [0.15, 0.2) is 0 Å². The Hall–Kier alpha value is -1.35. The van der Waals surface area contributed by atoms with Crippen LogP contribution in [0.5, 0.6) is 0 Å². The lowest BCUT2D eigenvalue weighted by molar-refractivity contribution is 0.925. The summed E-state index contributed by atoms with van der Waals surface area (Å²) in [5.41, 5.74) is 7.70. The van der Waals surface area contributed by atoms with Crippen molar-refractivity contribution in [3.8, 4) is 6.07 Å². The van der Waals surface area contributed by atoms with Gasteiger partial charge >= 0.3 is 0 Å². The van der Waals surface area contributed by atoms with E-state index >= 15 is 0 Å². The SMILES string of the molecule is CSc1c(N(C)Cc2cccc(Cl)c2)sc(C#N)c1N. The van der Waals surface area contributed by atoms with Gasteiger partial charge in [0.2, 0.25) is 0 Å². The molecule has 2 rings (SSSR count).